The second kappa shape index (κ2) is 12.0. The normalized spacial score (nSPS) is 16.4. The van der Waals surface area contributed by atoms with Crippen molar-refractivity contribution < 1.29 is 23.5 Å². The van der Waals surface area contributed by atoms with E-state index >= 15 is 0 Å². The van der Waals surface area contributed by atoms with Crippen molar-refractivity contribution in [2.45, 2.75) is 25.2 Å². The fourth-order valence-corrected chi connectivity index (χ4v) is 4.64. The number of aromatic nitrogens is 1. The molecule has 0 aliphatic carbocycles. The van der Waals surface area contributed by atoms with Crippen LogP contribution in [-0.4, -0.2) is 33.8 Å². The molecule has 8 nitrogen and oxygen atoms in total. The first-order chi connectivity index (χ1) is 19.4. The average Bonchev–Trinajstić information content (AvgIpc) is 3.28. The van der Waals surface area contributed by atoms with Crippen LogP contribution in [0.1, 0.15) is 33.3 Å². The molecule has 40 heavy (non-hydrogen) atoms. The van der Waals surface area contributed by atoms with Crippen molar-refractivity contribution in [1.29, 1.82) is 0 Å². The highest BCUT2D eigenvalue weighted by atomic mass is 35.5. The van der Waals surface area contributed by atoms with Crippen LogP contribution in [0.2, 0.25) is 5.02 Å². The number of halogens is 2. The third kappa shape index (κ3) is 6.27. The van der Waals surface area contributed by atoms with Crippen molar-refractivity contribution >= 4 is 35.2 Å². The Kier molecular flexibility index (Phi) is 8.02. The van der Waals surface area contributed by atoms with Crippen LogP contribution in [0.5, 0.6) is 0 Å². The molecule has 3 aromatic carbocycles. The number of nitrogens with one attached hydrogen (secondary N) is 2. The summed E-state index contributed by atoms with van der Waals surface area (Å²) < 4.78 is 19.0. The highest BCUT2D eigenvalue weighted by molar-refractivity contribution is 6.30. The number of carbonyl (C=O) groups is 3. The third-order valence-corrected chi connectivity index (χ3v) is 6.58. The Morgan fingerprint density at radius 2 is 1.77 bits per heavy atom. The van der Waals surface area contributed by atoms with Crippen LogP contribution in [0.25, 0.3) is 0 Å². The van der Waals surface area contributed by atoms with Crippen molar-refractivity contribution in [2.24, 2.45) is 0 Å². The molecule has 202 valence electrons. The molecule has 2 N–H and O–H groups in total. The Labute approximate surface area is 234 Å². The average molecular weight is 559 g/mol. The van der Waals surface area contributed by atoms with Gasteiger partial charge in [-0.3, -0.25) is 19.5 Å². The van der Waals surface area contributed by atoms with Gasteiger partial charge in [-0.1, -0.05) is 41.9 Å². The van der Waals surface area contributed by atoms with Gasteiger partial charge in [0.1, 0.15) is 5.82 Å². The summed E-state index contributed by atoms with van der Waals surface area (Å²) in [5.74, 6) is -1.31. The second-order valence-corrected chi connectivity index (χ2v) is 9.57. The maximum Gasteiger partial charge on any atom is 0.411 e. The van der Waals surface area contributed by atoms with Crippen LogP contribution in [0.15, 0.2) is 97.2 Å². The van der Waals surface area contributed by atoms with Crippen molar-refractivity contribution in [3.8, 4) is 0 Å². The molecule has 4 aromatic rings. The molecule has 1 aromatic heterocycles. The number of ether oxygens (including phenoxy) is 1. The summed E-state index contributed by atoms with van der Waals surface area (Å²) in [5.41, 5.74) is 2.59. The maximum absolute atomic E-state index is 13.6. The summed E-state index contributed by atoms with van der Waals surface area (Å²) in [6.45, 7) is 0.258. The van der Waals surface area contributed by atoms with Gasteiger partial charge in [0.25, 0.3) is 5.91 Å². The van der Waals surface area contributed by atoms with E-state index in [9.17, 15) is 18.8 Å². The van der Waals surface area contributed by atoms with Gasteiger partial charge in [-0.15, -0.1) is 0 Å². The number of rotatable bonds is 8. The molecule has 0 bridgehead atoms. The zero-order valence-corrected chi connectivity index (χ0v) is 21.8. The summed E-state index contributed by atoms with van der Waals surface area (Å²) in [4.78, 5) is 44.9. The molecule has 1 aliphatic rings. The van der Waals surface area contributed by atoms with E-state index in [1.54, 1.807) is 66.9 Å². The van der Waals surface area contributed by atoms with Crippen molar-refractivity contribution in [2.75, 3.05) is 5.32 Å². The van der Waals surface area contributed by atoms with E-state index < -0.39 is 35.9 Å². The van der Waals surface area contributed by atoms with E-state index in [4.69, 9.17) is 16.3 Å². The quantitative estimate of drug-likeness (QED) is 0.297. The standard InChI is InChI=1S/C30H24ClFN4O4/c31-22-7-3-5-19(15-22)18-36-26(29(38)34-17-25-8-1-2-14-33-25)27(40-30(36)39)21-6-4-9-24(16-21)35-28(37)20-10-12-23(32)13-11-20/h1-16,26-27H,17-18H2,(H,34,38)(H,35,37)/t26-,27+/m0/s1. The Morgan fingerprint density at radius 3 is 2.52 bits per heavy atom. The van der Waals surface area contributed by atoms with Gasteiger partial charge in [0.15, 0.2) is 12.1 Å². The van der Waals surface area contributed by atoms with Gasteiger partial charge < -0.3 is 15.4 Å². The van der Waals surface area contributed by atoms with Gasteiger partial charge in [0, 0.05) is 22.5 Å². The predicted molar refractivity (Wildman–Crippen MR) is 147 cm³/mol. The second-order valence-electron chi connectivity index (χ2n) is 9.13. The smallest absolute Gasteiger partial charge is 0.411 e. The molecule has 2 atom stereocenters. The minimum atomic E-state index is -1.02. The van der Waals surface area contributed by atoms with Gasteiger partial charge in [0.2, 0.25) is 5.91 Å². The molecular formula is C30H24ClFN4O4. The van der Waals surface area contributed by atoms with Gasteiger partial charge in [-0.25, -0.2) is 9.18 Å². The first-order valence-electron chi connectivity index (χ1n) is 12.4. The van der Waals surface area contributed by atoms with Gasteiger partial charge in [0.05, 0.1) is 18.8 Å². The van der Waals surface area contributed by atoms with Crippen LogP contribution in [-0.2, 0) is 22.6 Å². The molecule has 0 radical (unpaired) electrons. The van der Waals surface area contributed by atoms with E-state index in [2.05, 4.69) is 15.6 Å². The molecule has 3 amide bonds. The number of amides is 3. The molecule has 0 saturated carbocycles. The van der Waals surface area contributed by atoms with Gasteiger partial charge >= 0.3 is 6.09 Å². The van der Waals surface area contributed by atoms with E-state index in [1.165, 1.54) is 29.2 Å². The number of hydrogen-bond donors (Lipinski definition) is 2. The summed E-state index contributed by atoms with van der Waals surface area (Å²) in [5, 5.41) is 6.12. The van der Waals surface area contributed by atoms with Gasteiger partial charge in [-0.05, 0) is 71.8 Å². The first kappa shape index (κ1) is 26.8. The number of cyclic esters (lactones) is 1. The molecule has 2 heterocycles. The fraction of sp³-hybridized carbons (Fsp3) is 0.133. The summed E-state index contributed by atoms with van der Waals surface area (Å²) in [7, 11) is 0. The lowest BCUT2D eigenvalue weighted by Crippen LogP contribution is -2.46. The lowest BCUT2D eigenvalue weighted by atomic mass is 10.00. The van der Waals surface area contributed by atoms with Crippen LogP contribution >= 0.6 is 11.6 Å². The summed E-state index contributed by atoms with van der Waals surface area (Å²) in [6, 6.07) is 23.2. The van der Waals surface area contributed by atoms with E-state index in [0.717, 1.165) is 5.56 Å². The third-order valence-electron chi connectivity index (χ3n) is 6.34. The monoisotopic (exact) mass is 558 g/mol. The van der Waals surface area contributed by atoms with Crippen LogP contribution in [0.3, 0.4) is 0 Å². The topological polar surface area (TPSA) is 101 Å². The minimum Gasteiger partial charge on any atom is -0.438 e. The van der Waals surface area contributed by atoms with E-state index in [-0.39, 0.29) is 18.7 Å². The van der Waals surface area contributed by atoms with Crippen LogP contribution < -0.4 is 10.6 Å². The molecule has 1 aliphatic heterocycles. The highest BCUT2D eigenvalue weighted by Gasteiger charge is 2.47. The number of carbonyl (C=O) groups excluding carboxylic acids is 3. The summed E-state index contributed by atoms with van der Waals surface area (Å²) >= 11 is 6.14. The number of pyridine rings is 1. The zero-order chi connectivity index (χ0) is 28.1. The zero-order valence-electron chi connectivity index (χ0n) is 21.1. The molecule has 10 heteroatoms. The Balaban J connectivity index is 1.40. The minimum absolute atomic E-state index is 0.0958. The lowest BCUT2D eigenvalue weighted by molar-refractivity contribution is -0.126. The first-order valence-corrected chi connectivity index (χ1v) is 12.8. The predicted octanol–water partition coefficient (Wildman–Crippen LogP) is 5.50. The maximum atomic E-state index is 13.6. The highest BCUT2D eigenvalue weighted by Crippen LogP contribution is 2.35. The fourth-order valence-electron chi connectivity index (χ4n) is 4.42. The number of hydrogen-bond acceptors (Lipinski definition) is 5. The summed E-state index contributed by atoms with van der Waals surface area (Å²) in [6.07, 6.45) is 0.00532. The Bertz CT molecular complexity index is 1530. The molecule has 5 rings (SSSR count). The van der Waals surface area contributed by atoms with Crippen molar-refractivity contribution in [1.82, 2.24) is 15.2 Å². The van der Waals surface area contributed by atoms with Crippen LogP contribution in [0.4, 0.5) is 14.9 Å². The van der Waals surface area contributed by atoms with E-state index in [0.29, 0.717) is 22.0 Å². The van der Waals surface area contributed by atoms with Gasteiger partial charge in [-0.2, -0.15) is 0 Å². The molecule has 1 fully saturated rings. The molecule has 0 unspecified atom stereocenters. The SMILES string of the molecule is O=C(Nc1cccc([C@H]2OC(=O)N(Cc3cccc(Cl)c3)[C@@H]2C(=O)NCc2ccccn2)c1)c1ccc(F)cc1. The largest absolute Gasteiger partial charge is 0.438 e. The lowest BCUT2D eigenvalue weighted by Gasteiger charge is -2.24. The van der Waals surface area contributed by atoms with Crippen molar-refractivity contribution in [3.05, 3.63) is 130 Å². The number of benzene rings is 3. The van der Waals surface area contributed by atoms with Crippen LogP contribution in [0, 0.1) is 5.82 Å². The number of anilines is 1. The Morgan fingerprint density at radius 1 is 0.975 bits per heavy atom. The Hall–Kier alpha value is -4.76. The molecular weight excluding hydrogens is 535 g/mol. The molecule has 0 spiro atoms. The van der Waals surface area contributed by atoms with E-state index in [1.807, 2.05) is 6.07 Å². The number of nitrogens with zero attached hydrogens (tertiary/aromatic N) is 2. The van der Waals surface area contributed by atoms with Crippen molar-refractivity contribution in [3.63, 3.8) is 0 Å². The molecule has 1 saturated heterocycles.